The molecule has 1 aliphatic heterocycles. The Morgan fingerprint density at radius 2 is 2.32 bits per heavy atom. The van der Waals surface area contributed by atoms with E-state index in [1.54, 1.807) is 0 Å². The van der Waals surface area contributed by atoms with Crippen LogP contribution in [0.25, 0.3) is 0 Å². The Kier molecular flexibility index (Phi) is 6.14. The van der Waals surface area contributed by atoms with Crippen molar-refractivity contribution in [3.8, 4) is 0 Å². The van der Waals surface area contributed by atoms with E-state index < -0.39 is 0 Å². The molecule has 2 unspecified atom stereocenters. The largest absolute Gasteiger partial charge is 0.373 e. The second-order valence-electron chi connectivity index (χ2n) is 5.06. The van der Waals surface area contributed by atoms with Crippen LogP contribution in [0.3, 0.4) is 0 Å². The molecule has 1 saturated heterocycles. The van der Waals surface area contributed by atoms with Crippen molar-refractivity contribution >= 4 is 27.5 Å². The fourth-order valence-corrected chi connectivity index (χ4v) is 3.50. The minimum atomic E-state index is 0.171. The highest BCUT2D eigenvalue weighted by molar-refractivity contribution is 9.10. The van der Waals surface area contributed by atoms with Crippen LogP contribution in [-0.4, -0.2) is 19.7 Å². The third-order valence-electron chi connectivity index (χ3n) is 3.55. The number of ether oxygens (including phenoxy) is 1. The van der Waals surface area contributed by atoms with E-state index >= 15 is 0 Å². The van der Waals surface area contributed by atoms with Crippen LogP contribution in [0.4, 0.5) is 0 Å². The summed E-state index contributed by atoms with van der Waals surface area (Å²) in [5.74, 6) is 0.540. The first kappa shape index (κ1) is 15.3. The number of hydrogen-bond donors (Lipinski definition) is 1. The Bertz CT molecular complexity index is 413. The lowest BCUT2D eigenvalue weighted by molar-refractivity contribution is -0.0281. The number of halogens is 2. The molecule has 0 aromatic heterocycles. The second-order valence-corrected chi connectivity index (χ2v) is 6.35. The van der Waals surface area contributed by atoms with Gasteiger partial charge in [0.1, 0.15) is 0 Å². The van der Waals surface area contributed by atoms with E-state index in [9.17, 15) is 0 Å². The van der Waals surface area contributed by atoms with Gasteiger partial charge in [-0.3, -0.25) is 0 Å². The summed E-state index contributed by atoms with van der Waals surface area (Å²) in [4.78, 5) is 0. The smallest absolute Gasteiger partial charge is 0.0876 e. The van der Waals surface area contributed by atoms with Crippen LogP contribution >= 0.6 is 27.5 Å². The first-order valence-corrected chi connectivity index (χ1v) is 8.16. The molecule has 2 rings (SSSR count). The Morgan fingerprint density at radius 3 is 3.05 bits per heavy atom. The van der Waals surface area contributed by atoms with Crippen molar-refractivity contribution in [2.45, 2.75) is 32.3 Å². The molecule has 0 bridgehead atoms. The Hall–Kier alpha value is -0.0900. The van der Waals surface area contributed by atoms with Crippen molar-refractivity contribution in [3.63, 3.8) is 0 Å². The summed E-state index contributed by atoms with van der Waals surface area (Å²) >= 11 is 9.62. The molecule has 1 aromatic carbocycles. The molecule has 19 heavy (non-hydrogen) atoms. The molecule has 1 N–H and O–H groups in total. The van der Waals surface area contributed by atoms with Gasteiger partial charge in [-0.25, -0.2) is 0 Å². The minimum absolute atomic E-state index is 0.171. The predicted molar refractivity (Wildman–Crippen MR) is 83.7 cm³/mol. The van der Waals surface area contributed by atoms with Gasteiger partial charge in [0.05, 0.1) is 6.10 Å². The van der Waals surface area contributed by atoms with Gasteiger partial charge in [-0.2, -0.15) is 0 Å². The van der Waals surface area contributed by atoms with Crippen LogP contribution in [0.15, 0.2) is 22.7 Å². The highest BCUT2D eigenvalue weighted by atomic mass is 79.9. The van der Waals surface area contributed by atoms with Crippen molar-refractivity contribution in [1.82, 2.24) is 5.32 Å². The molecule has 0 spiro atoms. The fraction of sp³-hybridized carbons (Fsp3) is 0.600. The van der Waals surface area contributed by atoms with Gasteiger partial charge in [0.2, 0.25) is 0 Å². The van der Waals surface area contributed by atoms with Gasteiger partial charge in [-0.05, 0) is 43.5 Å². The summed E-state index contributed by atoms with van der Waals surface area (Å²) < 4.78 is 7.06. The minimum Gasteiger partial charge on any atom is -0.373 e. The van der Waals surface area contributed by atoms with E-state index in [4.69, 9.17) is 16.3 Å². The molecule has 0 amide bonds. The normalized spacial score (nSPS) is 23.5. The zero-order valence-electron chi connectivity index (χ0n) is 11.3. The van der Waals surface area contributed by atoms with Gasteiger partial charge < -0.3 is 10.1 Å². The summed E-state index contributed by atoms with van der Waals surface area (Å²) in [5, 5.41) is 4.27. The topological polar surface area (TPSA) is 21.3 Å². The van der Waals surface area contributed by atoms with E-state index in [1.165, 1.54) is 18.4 Å². The molecule has 1 heterocycles. The summed E-state index contributed by atoms with van der Waals surface area (Å²) in [6, 6.07) is 5.97. The molecular formula is C15H21BrClNO. The van der Waals surface area contributed by atoms with Crippen LogP contribution in [0.2, 0.25) is 5.02 Å². The van der Waals surface area contributed by atoms with E-state index in [2.05, 4.69) is 34.2 Å². The second kappa shape index (κ2) is 7.63. The lowest BCUT2D eigenvalue weighted by Gasteiger charge is -2.33. The Balaban J connectivity index is 2.09. The van der Waals surface area contributed by atoms with E-state index in [0.717, 1.165) is 35.6 Å². The SMILES string of the molecule is CCCNCC1CCCOC1c1ccc(Cl)cc1Br. The summed E-state index contributed by atoms with van der Waals surface area (Å²) in [6.07, 6.45) is 3.71. The van der Waals surface area contributed by atoms with Gasteiger partial charge in [-0.1, -0.05) is 40.5 Å². The average molecular weight is 347 g/mol. The quantitative estimate of drug-likeness (QED) is 0.789. The molecule has 0 aliphatic carbocycles. The van der Waals surface area contributed by atoms with E-state index in [-0.39, 0.29) is 6.10 Å². The molecule has 0 radical (unpaired) electrons. The number of hydrogen-bond acceptors (Lipinski definition) is 2. The number of benzene rings is 1. The first-order chi connectivity index (χ1) is 9.22. The standard InChI is InChI=1S/C15H21BrClNO/c1-2-7-18-10-11-4-3-8-19-15(11)13-6-5-12(17)9-14(13)16/h5-6,9,11,15,18H,2-4,7-8,10H2,1H3. The van der Waals surface area contributed by atoms with Crippen LogP contribution in [0.1, 0.15) is 37.9 Å². The molecule has 1 aliphatic rings. The highest BCUT2D eigenvalue weighted by Gasteiger charge is 2.28. The van der Waals surface area contributed by atoms with Crippen molar-refractivity contribution < 1.29 is 4.74 Å². The molecule has 1 fully saturated rings. The molecule has 2 nitrogen and oxygen atoms in total. The molecule has 106 valence electrons. The highest BCUT2D eigenvalue weighted by Crippen LogP contribution is 2.37. The van der Waals surface area contributed by atoms with E-state index in [1.807, 2.05) is 12.1 Å². The predicted octanol–water partition coefficient (Wildman–Crippen LogP) is 4.57. The Morgan fingerprint density at radius 1 is 1.47 bits per heavy atom. The molecule has 2 atom stereocenters. The lowest BCUT2D eigenvalue weighted by atomic mass is 9.89. The fourth-order valence-electron chi connectivity index (χ4n) is 2.59. The van der Waals surface area contributed by atoms with Gasteiger partial charge in [0.25, 0.3) is 0 Å². The van der Waals surface area contributed by atoms with Crippen molar-refractivity contribution in [3.05, 3.63) is 33.3 Å². The third kappa shape index (κ3) is 4.19. The van der Waals surface area contributed by atoms with Crippen molar-refractivity contribution in [2.75, 3.05) is 19.7 Å². The summed E-state index contributed by atoms with van der Waals surface area (Å²) in [6.45, 7) is 5.14. The maximum absolute atomic E-state index is 6.01. The lowest BCUT2D eigenvalue weighted by Crippen LogP contribution is -2.32. The summed E-state index contributed by atoms with van der Waals surface area (Å²) in [5.41, 5.74) is 1.22. The van der Waals surface area contributed by atoms with Crippen LogP contribution in [-0.2, 0) is 4.74 Å². The zero-order chi connectivity index (χ0) is 13.7. The van der Waals surface area contributed by atoms with Crippen molar-refractivity contribution in [2.24, 2.45) is 5.92 Å². The zero-order valence-corrected chi connectivity index (χ0v) is 13.6. The van der Waals surface area contributed by atoms with Gasteiger partial charge in [-0.15, -0.1) is 0 Å². The first-order valence-electron chi connectivity index (χ1n) is 6.99. The molecule has 0 saturated carbocycles. The Labute approximate surface area is 129 Å². The van der Waals surface area contributed by atoms with Crippen LogP contribution < -0.4 is 5.32 Å². The maximum Gasteiger partial charge on any atom is 0.0876 e. The average Bonchev–Trinajstić information content (AvgIpc) is 2.40. The summed E-state index contributed by atoms with van der Waals surface area (Å²) in [7, 11) is 0. The molecular weight excluding hydrogens is 326 g/mol. The van der Waals surface area contributed by atoms with Gasteiger partial charge >= 0.3 is 0 Å². The van der Waals surface area contributed by atoms with Crippen molar-refractivity contribution in [1.29, 1.82) is 0 Å². The third-order valence-corrected chi connectivity index (χ3v) is 4.47. The molecule has 1 aromatic rings. The number of nitrogens with one attached hydrogen (secondary N) is 1. The van der Waals surface area contributed by atoms with Gasteiger partial charge in [0.15, 0.2) is 0 Å². The van der Waals surface area contributed by atoms with Crippen LogP contribution in [0.5, 0.6) is 0 Å². The monoisotopic (exact) mass is 345 g/mol. The number of rotatable bonds is 5. The molecule has 4 heteroatoms. The van der Waals surface area contributed by atoms with Crippen LogP contribution in [0, 0.1) is 5.92 Å². The van der Waals surface area contributed by atoms with E-state index in [0.29, 0.717) is 5.92 Å². The van der Waals surface area contributed by atoms with Gasteiger partial charge in [0, 0.05) is 28.6 Å². The maximum atomic E-state index is 6.01.